The number of amides is 1. The van der Waals surface area contributed by atoms with Crippen LogP contribution in [0.2, 0.25) is 0 Å². The predicted molar refractivity (Wildman–Crippen MR) is 66.5 cm³/mol. The molecule has 0 saturated heterocycles. The van der Waals surface area contributed by atoms with Gasteiger partial charge in [0.25, 0.3) is 0 Å². The van der Waals surface area contributed by atoms with Crippen molar-refractivity contribution in [3.63, 3.8) is 0 Å². The van der Waals surface area contributed by atoms with E-state index < -0.39 is 23.0 Å². The van der Waals surface area contributed by atoms with Gasteiger partial charge in [-0.2, -0.15) is 0 Å². The van der Waals surface area contributed by atoms with Gasteiger partial charge in [0, 0.05) is 12.0 Å². The number of carbonyl (C=O) groups is 2. The molecule has 0 rings (SSSR count). The minimum Gasteiger partial charge on any atom is -0.480 e. The van der Waals surface area contributed by atoms with Gasteiger partial charge < -0.3 is 16.2 Å². The van der Waals surface area contributed by atoms with E-state index in [1.165, 1.54) is 0 Å². The third-order valence-corrected chi connectivity index (χ3v) is 2.41. The van der Waals surface area contributed by atoms with Crippen molar-refractivity contribution in [1.29, 1.82) is 0 Å². The van der Waals surface area contributed by atoms with E-state index in [0.29, 0.717) is 6.42 Å². The van der Waals surface area contributed by atoms with Crippen LogP contribution >= 0.6 is 0 Å². The van der Waals surface area contributed by atoms with Gasteiger partial charge in [0.1, 0.15) is 6.04 Å². The van der Waals surface area contributed by atoms with E-state index in [0.717, 1.165) is 0 Å². The first-order chi connectivity index (χ1) is 7.43. The summed E-state index contributed by atoms with van der Waals surface area (Å²) in [6, 6.07) is -0.879. The number of hydrogen-bond acceptors (Lipinski definition) is 3. The predicted octanol–water partition coefficient (Wildman–Crippen LogP) is 1.12. The van der Waals surface area contributed by atoms with E-state index in [1.54, 1.807) is 20.8 Å². The fourth-order valence-electron chi connectivity index (χ4n) is 1.32. The van der Waals surface area contributed by atoms with Gasteiger partial charge in [-0.1, -0.05) is 20.8 Å². The Hall–Kier alpha value is -1.10. The molecule has 0 aromatic heterocycles. The fraction of sp³-hybridized carbons (Fsp3) is 0.833. The molecule has 17 heavy (non-hydrogen) atoms. The first-order valence-corrected chi connectivity index (χ1v) is 5.74. The number of carboxylic acid groups (broad SMARTS) is 1. The first-order valence-electron chi connectivity index (χ1n) is 5.74. The highest BCUT2D eigenvalue weighted by molar-refractivity contribution is 5.84. The summed E-state index contributed by atoms with van der Waals surface area (Å²) in [6.45, 7) is 8.99. The van der Waals surface area contributed by atoms with E-state index >= 15 is 0 Å². The molecule has 0 aliphatic carbocycles. The van der Waals surface area contributed by atoms with Gasteiger partial charge in [-0.05, 0) is 25.7 Å². The van der Waals surface area contributed by atoms with Gasteiger partial charge >= 0.3 is 5.97 Å². The van der Waals surface area contributed by atoms with Gasteiger partial charge in [-0.25, -0.2) is 4.79 Å². The zero-order chi connectivity index (χ0) is 13.9. The van der Waals surface area contributed by atoms with Crippen molar-refractivity contribution >= 4 is 11.9 Å². The van der Waals surface area contributed by atoms with Crippen LogP contribution in [0.5, 0.6) is 0 Å². The Morgan fingerprint density at radius 1 is 1.24 bits per heavy atom. The summed E-state index contributed by atoms with van der Waals surface area (Å²) in [7, 11) is 0. The molecule has 0 aromatic carbocycles. The maximum absolute atomic E-state index is 11.6. The Morgan fingerprint density at radius 3 is 2.00 bits per heavy atom. The van der Waals surface area contributed by atoms with Crippen molar-refractivity contribution in [2.45, 2.75) is 59.0 Å². The number of nitrogens with one attached hydrogen (secondary N) is 1. The van der Waals surface area contributed by atoms with Crippen molar-refractivity contribution in [3.05, 3.63) is 0 Å². The van der Waals surface area contributed by atoms with Crippen LogP contribution in [0.4, 0.5) is 0 Å². The molecule has 0 bridgehead atoms. The van der Waals surface area contributed by atoms with E-state index in [2.05, 4.69) is 5.32 Å². The minimum atomic E-state index is -1.02. The van der Waals surface area contributed by atoms with Crippen LogP contribution in [0, 0.1) is 5.41 Å². The molecule has 1 atom stereocenters. The molecule has 5 heteroatoms. The lowest BCUT2D eigenvalue weighted by Gasteiger charge is -2.28. The topological polar surface area (TPSA) is 92.4 Å². The van der Waals surface area contributed by atoms with E-state index in [-0.39, 0.29) is 12.3 Å². The lowest BCUT2D eigenvalue weighted by Crippen LogP contribution is -2.49. The third kappa shape index (κ3) is 6.94. The number of nitrogens with two attached hydrogens (primary N) is 1. The second kappa shape index (κ2) is 5.49. The molecule has 0 unspecified atom stereocenters. The lowest BCUT2D eigenvalue weighted by atomic mass is 9.86. The molecular formula is C12H24N2O3. The Morgan fingerprint density at radius 2 is 1.71 bits per heavy atom. The Labute approximate surface area is 103 Å². The highest BCUT2D eigenvalue weighted by Crippen LogP contribution is 2.19. The summed E-state index contributed by atoms with van der Waals surface area (Å²) in [6.07, 6.45) is 0.763. The van der Waals surface area contributed by atoms with Crippen LogP contribution in [-0.2, 0) is 9.59 Å². The molecule has 4 N–H and O–H groups in total. The van der Waals surface area contributed by atoms with Gasteiger partial charge in [0.2, 0.25) is 5.91 Å². The maximum atomic E-state index is 11.6. The first kappa shape index (κ1) is 15.9. The zero-order valence-electron chi connectivity index (χ0n) is 11.3. The van der Waals surface area contributed by atoms with Crippen LogP contribution < -0.4 is 11.1 Å². The number of carbonyl (C=O) groups excluding carboxylic acids is 1. The molecule has 0 aromatic rings. The molecule has 5 nitrogen and oxygen atoms in total. The molecule has 100 valence electrons. The molecule has 0 spiro atoms. The lowest BCUT2D eigenvalue weighted by molar-refractivity contribution is -0.145. The third-order valence-electron chi connectivity index (χ3n) is 2.41. The summed E-state index contributed by atoms with van der Waals surface area (Å²) in [5.74, 6) is -1.29. The number of carboxylic acids is 1. The Balaban J connectivity index is 4.39. The highest BCUT2D eigenvalue weighted by atomic mass is 16.4. The van der Waals surface area contributed by atoms with E-state index in [1.807, 2.05) is 13.8 Å². The SMILES string of the molecule is CC(C)(N)CCC(=O)N[C@@H](C(=O)O)C(C)(C)C. The maximum Gasteiger partial charge on any atom is 0.326 e. The van der Waals surface area contributed by atoms with E-state index in [4.69, 9.17) is 10.8 Å². The monoisotopic (exact) mass is 244 g/mol. The van der Waals surface area contributed by atoms with Gasteiger partial charge in [0.05, 0.1) is 0 Å². The van der Waals surface area contributed by atoms with Crippen LogP contribution in [0.25, 0.3) is 0 Å². The molecule has 0 radical (unpaired) electrons. The quantitative estimate of drug-likeness (QED) is 0.675. The number of aliphatic carboxylic acids is 1. The van der Waals surface area contributed by atoms with Crippen LogP contribution in [0.15, 0.2) is 0 Å². The summed E-state index contributed by atoms with van der Waals surface area (Å²) < 4.78 is 0. The minimum absolute atomic E-state index is 0.239. The number of hydrogen-bond donors (Lipinski definition) is 3. The molecule has 0 fully saturated rings. The second-order valence-corrected chi connectivity index (χ2v) is 6.19. The van der Waals surface area contributed by atoms with Crippen molar-refractivity contribution in [2.24, 2.45) is 11.1 Å². The molecule has 0 saturated carbocycles. The average Bonchev–Trinajstić information content (AvgIpc) is 2.07. The summed E-state index contributed by atoms with van der Waals surface area (Å²) in [5.41, 5.74) is 4.83. The van der Waals surface area contributed by atoms with Crippen molar-refractivity contribution in [2.75, 3.05) is 0 Å². The molecule has 0 heterocycles. The van der Waals surface area contributed by atoms with Crippen LogP contribution in [-0.4, -0.2) is 28.6 Å². The molecule has 1 amide bonds. The largest absolute Gasteiger partial charge is 0.480 e. The van der Waals surface area contributed by atoms with E-state index in [9.17, 15) is 9.59 Å². The van der Waals surface area contributed by atoms with Crippen molar-refractivity contribution in [1.82, 2.24) is 5.32 Å². The molecule has 0 aliphatic rings. The summed E-state index contributed by atoms with van der Waals surface area (Å²) >= 11 is 0. The fourth-order valence-corrected chi connectivity index (χ4v) is 1.32. The van der Waals surface area contributed by atoms with Gasteiger partial charge in [-0.3, -0.25) is 4.79 Å². The van der Waals surface area contributed by atoms with Crippen LogP contribution in [0.1, 0.15) is 47.5 Å². The normalized spacial score (nSPS) is 14.2. The summed E-state index contributed by atoms with van der Waals surface area (Å²) in [5, 5.41) is 11.6. The zero-order valence-corrected chi connectivity index (χ0v) is 11.3. The summed E-state index contributed by atoms with van der Waals surface area (Å²) in [4.78, 5) is 22.7. The van der Waals surface area contributed by atoms with Crippen molar-refractivity contribution in [3.8, 4) is 0 Å². The number of rotatable bonds is 5. The van der Waals surface area contributed by atoms with Gasteiger partial charge in [0.15, 0.2) is 0 Å². The second-order valence-electron chi connectivity index (χ2n) is 6.19. The standard InChI is InChI=1S/C12H24N2O3/c1-11(2,3)9(10(16)17)14-8(15)6-7-12(4,5)13/h9H,6-7,13H2,1-5H3,(H,14,15)(H,16,17)/t9-/m0/s1. The van der Waals surface area contributed by atoms with Crippen LogP contribution in [0.3, 0.4) is 0 Å². The molecule has 0 aliphatic heterocycles. The van der Waals surface area contributed by atoms with Crippen molar-refractivity contribution < 1.29 is 14.7 Å². The molecular weight excluding hydrogens is 220 g/mol. The smallest absolute Gasteiger partial charge is 0.326 e. The highest BCUT2D eigenvalue weighted by Gasteiger charge is 2.32. The Kier molecular flexibility index (Phi) is 5.13. The average molecular weight is 244 g/mol. The van der Waals surface area contributed by atoms with Gasteiger partial charge in [-0.15, -0.1) is 0 Å². The Bertz CT molecular complexity index is 287.